The number of carbonyl (C=O) groups excluding carboxylic acids is 2. The minimum Gasteiger partial charge on any atom is -0.457 e. The first kappa shape index (κ1) is 14.0. The summed E-state index contributed by atoms with van der Waals surface area (Å²) in [5.74, 6) is -0.00485. The van der Waals surface area contributed by atoms with E-state index in [9.17, 15) is 9.59 Å². The van der Waals surface area contributed by atoms with E-state index in [1.807, 2.05) is 6.92 Å². The van der Waals surface area contributed by atoms with Crippen molar-refractivity contribution in [2.24, 2.45) is 0 Å². The Balaban J connectivity index is 1.97. The lowest BCUT2D eigenvalue weighted by Gasteiger charge is -2.10. The summed E-state index contributed by atoms with van der Waals surface area (Å²) < 4.78 is 6.34. The quantitative estimate of drug-likeness (QED) is 0.856. The van der Waals surface area contributed by atoms with Crippen molar-refractivity contribution in [3.63, 3.8) is 0 Å². The minimum atomic E-state index is -0.424. The van der Waals surface area contributed by atoms with Gasteiger partial charge in [0.05, 0.1) is 17.6 Å². The van der Waals surface area contributed by atoms with E-state index in [1.165, 1.54) is 10.6 Å². The van der Waals surface area contributed by atoms with Crippen LogP contribution in [0.5, 0.6) is 0 Å². The number of amides is 1. The third kappa shape index (κ3) is 2.48. The third-order valence-electron chi connectivity index (χ3n) is 3.41. The van der Waals surface area contributed by atoms with E-state index in [0.29, 0.717) is 22.8 Å². The number of ether oxygens (including phenoxy) is 1. The monoisotopic (exact) mass is 298 g/mol. The van der Waals surface area contributed by atoms with Gasteiger partial charge in [-0.05, 0) is 26.0 Å². The second kappa shape index (κ2) is 5.44. The number of aryl methyl sites for hydroxylation is 1. The molecule has 0 radical (unpaired) electrons. The normalized spacial score (nSPS) is 13.7. The van der Waals surface area contributed by atoms with Crippen molar-refractivity contribution < 1.29 is 14.3 Å². The van der Waals surface area contributed by atoms with Gasteiger partial charge in [-0.25, -0.2) is 19.1 Å². The van der Waals surface area contributed by atoms with Gasteiger partial charge in [0.25, 0.3) is 0 Å². The van der Waals surface area contributed by atoms with Gasteiger partial charge in [-0.2, -0.15) is 0 Å². The molecule has 1 amide bonds. The number of pyridine rings is 1. The predicted molar refractivity (Wildman–Crippen MR) is 79.3 cm³/mol. The van der Waals surface area contributed by atoms with E-state index >= 15 is 0 Å². The molecule has 0 aromatic carbocycles. The molecule has 1 aliphatic heterocycles. The summed E-state index contributed by atoms with van der Waals surface area (Å²) in [5.41, 5.74) is 2.59. The number of cyclic esters (lactones) is 1. The molecule has 0 unspecified atom stereocenters. The zero-order valence-corrected chi connectivity index (χ0v) is 12.2. The van der Waals surface area contributed by atoms with Crippen molar-refractivity contribution in [3.05, 3.63) is 47.8 Å². The van der Waals surface area contributed by atoms with Crippen molar-refractivity contribution in [1.82, 2.24) is 14.5 Å². The average Bonchev–Trinajstić information content (AvgIpc) is 3.05. The Hall–Kier alpha value is -2.96. The van der Waals surface area contributed by atoms with Crippen LogP contribution in [0, 0.1) is 13.8 Å². The molecule has 0 aliphatic carbocycles. The maximum Gasteiger partial charge on any atom is 0.332 e. The number of carbonyl (C=O) groups is 2. The summed E-state index contributed by atoms with van der Waals surface area (Å²) in [6.07, 6.45) is 4.53. The third-order valence-corrected chi connectivity index (χ3v) is 3.41. The molecule has 3 rings (SSSR count). The van der Waals surface area contributed by atoms with Gasteiger partial charge in [0.1, 0.15) is 12.4 Å². The zero-order chi connectivity index (χ0) is 15.7. The Morgan fingerprint density at radius 3 is 2.86 bits per heavy atom. The van der Waals surface area contributed by atoms with E-state index < -0.39 is 5.97 Å². The molecular formula is C15H14N4O3. The molecule has 3 heterocycles. The highest BCUT2D eigenvalue weighted by Crippen LogP contribution is 2.22. The van der Waals surface area contributed by atoms with Crippen molar-refractivity contribution in [2.45, 2.75) is 13.8 Å². The minimum absolute atomic E-state index is 0.120. The summed E-state index contributed by atoms with van der Waals surface area (Å²) >= 11 is 0. The summed E-state index contributed by atoms with van der Waals surface area (Å²) in [5, 5.41) is 2.76. The van der Waals surface area contributed by atoms with E-state index in [4.69, 9.17) is 4.74 Å². The second-order valence-electron chi connectivity index (χ2n) is 4.89. The van der Waals surface area contributed by atoms with Crippen LogP contribution in [-0.2, 0) is 9.53 Å². The highest BCUT2D eigenvalue weighted by atomic mass is 16.5. The first-order chi connectivity index (χ1) is 10.6. The molecule has 1 N–H and O–H groups in total. The number of nitrogens with one attached hydrogen (secondary N) is 1. The number of hydrogen-bond donors (Lipinski definition) is 1. The van der Waals surface area contributed by atoms with Crippen LogP contribution >= 0.6 is 0 Å². The molecule has 1 aliphatic rings. The molecule has 0 atom stereocenters. The first-order valence-corrected chi connectivity index (χ1v) is 6.71. The van der Waals surface area contributed by atoms with E-state index in [2.05, 4.69) is 15.3 Å². The molecule has 0 saturated carbocycles. The second-order valence-corrected chi connectivity index (χ2v) is 4.89. The number of nitrogens with zero attached hydrogens (tertiary/aromatic N) is 3. The van der Waals surface area contributed by atoms with E-state index in [-0.39, 0.29) is 12.6 Å². The first-order valence-electron chi connectivity index (χ1n) is 6.71. The lowest BCUT2D eigenvalue weighted by Crippen LogP contribution is -2.23. The topological polar surface area (TPSA) is 86.1 Å². The predicted octanol–water partition coefficient (Wildman–Crippen LogP) is 1.92. The van der Waals surface area contributed by atoms with Crippen LogP contribution in [0.1, 0.15) is 17.2 Å². The van der Waals surface area contributed by atoms with Crippen molar-refractivity contribution in [1.29, 1.82) is 0 Å². The van der Waals surface area contributed by atoms with Gasteiger partial charge >= 0.3 is 12.0 Å². The van der Waals surface area contributed by atoms with Crippen molar-refractivity contribution in [3.8, 4) is 0 Å². The van der Waals surface area contributed by atoms with Crippen LogP contribution in [0.4, 0.5) is 10.5 Å². The van der Waals surface area contributed by atoms with Gasteiger partial charge in [0, 0.05) is 23.5 Å². The van der Waals surface area contributed by atoms with Crippen LogP contribution in [0.25, 0.3) is 5.57 Å². The molecule has 7 nitrogen and oxygen atoms in total. The molecular weight excluding hydrogens is 284 g/mol. The highest BCUT2D eigenvalue weighted by molar-refractivity contribution is 5.98. The molecule has 22 heavy (non-hydrogen) atoms. The lowest BCUT2D eigenvalue weighted by molar-refractivity contribution is -0.134. The summed E-state index contributed by atoms with van der Waals surface area (Å²) in [4.78, 5) is 32.1. The van der Waals surface area contributed by atoms with Crippen molar-refractivity contribution >= 4 is 23.3 Å². The Morgan fingerprint density at radius 2 is 2.23 bits per heavy atom. The zero-order valence-electron chi connectivity index (χ0n) is 12.2. The smallest absolute Gasteiger partial charge is 0.332 e. The van der Waals surface area contributed by atoms with Crippen LogP contribution in [-0.4, -0.2) is 33.1 Å². The van der Waals surface area contributed by atoms with Crippen LogP contribution < -0.4 is 5.32 Å². The SMILES string of the molecule is Cc1nc(C2=CC(=O)OC2)n(C(=O)Nc2cccnc2)c1C. The maximum absolute atomic E-state index is 12.5. The number of imidazole rings is 1. The summed E-state index contributed by atoms with van der Waals surface area (Å²) in [7, 11) is 0. The van der Waals surface area contributed by atoms with Gasteiger partial charge < -0.3 is 10.1 Å². The van der Waals surface area contributed by atoms with E-state index in [1.54, 1.807) is 31.5 Å². The van der Waals surface area contributed by atoms with Crippen LogP contribution in [0.2, 0.25) is 0 Å². The van der Waals surface area contributed by atoms with Gasteiger partial charge in [0.15, 0.2) is 0 Å². The average molecular weight is 298 g/mol. The lowest BCUT2D eigenvalue weighted by atomic mass is 10.2. The fourth-order valence-electron chi connectivity index (χ4n) is 2.19. The van der Waals surface area contributed by atoms with Gasteiger partial charge in [-0.3, -0.25) is 4.98 Å². The van der Waals surface area contributed by atoms with Gasteiger partial charge in [-0.15, -0.1) is 0 Å². The highest BCUT2D eigenvalue weighted by Gasteiger charge is 2.24. The molecule has 2 aromatic rings. The fraction of sp³-hybridized carbons (Fsp3) is 0.200. The van der Waals surface area contributed by atoms with Crippen molar-refractivity contribution in [2.75, 3.05) is 11.9 Å². The standard InChI is InChI=1S/C15H14N4O3/c1-9-10(2)19(14(17-9)11-6-13(20)22-8-11)15(21)18-12-4-3-5-16-7-12/h3-7H,8H2,1-2H3,(H,18,21). The molecule has 0 fully saturated rings. The molecule has 2 aromatic heterocycles. The Morgan fingerprint density at radius 1 is 1.41 bits per heavy atom. The number of anilines is 1. The molecule has 0 saturated heterocycles. The van der Waals surface area contributed by atoms with Crippen LogP contribution in [0.15, 0.2) is 30.6 Å². The number of rotatable bonds is 2. The Bertz CT molecular complexity index is 778. The molecule has 0 bridgehead atoms. The van der Waals surface area contributed by atoms with Gasteiger partial charge in [0.2, 0.25) is 0 Å². The molecule has 0 spiro atoms. The fourth-order valence-corrected chi connectivity index (χ4v) is 2.19. The largest absolute Gasteiger partial charge is 0.457 e. The maximum atomic E-state index is 12.5. The number of aromatic nitrogens is 3. The van der Waals surface area contributed by atoms with E-state index in [0.717, 1.165) is 5.69 Å². The van der Waals surface area contributed by atoms with Crippen LogP contribution in [0.3, 0.4) is 0 Å². The Kier molecular flexibility index (Phi) is 3.46. The molecule has 112 valence electrons. The molecule has 7 heteroatoms. The summed E-state index contributed by atoms with van der Waals surface area (Å²) in [6, 6.07) is 3.11. The van der Waals surface area contributed by atoms with Gasteiger partial charge in [-0.1, -0.05) is 0 Å². The summed E-state index contributed by atoms with van der Waals surface area (Å²) in [6.45, 7) is 3.73. The number of esters is 1. The number of hydrogen-bond acceptors (Lipinski definition) is 5. The Labute approximate surface area is 126 Å².